The fourth-order valence-corrected chi connectivity index (χ4v) is 1.58. The van der Waals surface area contributed by atoms with Crippen LogP contribution in [-0.2, 0) is 6.54 Å². The van der Waals surface area contributed by atoms with E-state index in [4.69, 9.17) is 0 Å². The van der Waals surface area contributed by atoms with Crippen LogP contribution in [0.2, 0.25) is 0 Å². The van der Waals surface area contributed by atoms with Crippen LogP contribution < -0.4 is 0 Å². The predicted octanol–water partition coefficient (Wildman–Crippen LogP) is 1.88. The van der Waals surface area contributed by atoms with E-state index in [1.165, 1.54) is 3.57 Å². The highest BCUT2D eigenvalue weighted by Crippen LogP contribution is 2.17. The Balaban J connectivity index is 2.97. The smallest absolute Gasteiger partial charge is 0.0786 e. The summed E-state index contributed by atoms with van der Waals surface area (Å²) in [6.07, 6.45) is 0. The molecule has 0 aromatic carbocycles. The predicted molar refractivity (Wildman–Crippen MR) is 60.7 cm³/mol. The summed E-state index contributed by atoms with van der Waals surface area (Å²) in [6.45, 7) is 8.12. The Labute approximate surface area is 92.3 Å². The molecule has 0 fully saturated rings. The zero-order valence-corrected chi connectivity index (χ0v) is 10.6. The number of halogens is 1. The Morgan fingerprint density at radius 3 is 2.31 bits per heavy atom. The fraction of sp³-hybridized carbons (Fsp3) is 0.667. The lowest BCUT2D eigenvalue weighted by molar-refractivity contribution is 0.0570. The third-order valence-electron chi connectivity index (χ3n) is 1.83. The van der Waals surface area contributed by atoms with E-state index in [2.05, 4.69) is 27.7 Å². The van der Waals surface area contributed by atoms with Gasteiger partial charge in [0.2, 0.25) is 0 Å². The van der Waals surface area contributed by atoms with E-state index in [0.29, 0.717) is 6.54 Å². The fourth-order valence-electron chi connectivity index (χ4n) is 1.20. The van der Waals surface area contributed by atoms with Crippen molar-refractivity contribution in [1.29, 1.82) is 0 Å². The van der Waals surface area contributed by atoms with E-state index in [1.807, 2.05) is 18.5 Å². The van der Waals surface area contributed by atoms with Crippen LogP contribution in [0, 0.1) is 17.4 Å². The minimum atomic E-state index is -0.702. The Morgan fingerprint density at radius 2 is 2.00 bits per heavy atom. The molecular weight excluding hydrogens is 279 g/mol. The minimum Gasteiger partial charge on any atom is -0.389 e. The summed E-state index contributed by atoms with van der Waals surface area (Å²) < 4.78 is 3.04. The second-order valence-electron chi connectivity index (χ2n) is 3.95. The van der Waals surface area contributed by atoms with Crippen molar-refractivity contribution in [2.75, 3.05) is 0 Å². The van der Waals surface area contributed by atoms with E-state index < -0.39 is 5.60 Å². The number of aryl methyl sites for hydroxylation is 1. The summed E-state index contributed by atoms with van der Waals surface area (Å²) in [5.41, 5.74) is 1.45. The lowest BCUT2D eigenvalue weighted by Gasteiger charge is -2.17. The summed E-state index contributed by atoms with van der Waals surface area (Å²) in [5.74, 6) is 0. The highest BCUT2D eigenvalue weighted by atomic mass is 127. The van der Waals surface area contributed by atoms with Crippen LogP contribution in [-0.4, -0.2) is 20.5 Å². The molecule has 4 heteroatoms. The van der Waals surface area contributed by atoms with Gasteiger partial charge in [-0.1, -0.05) is 0 Å². The second kappa shape index (κ2) is 3.57. The molecule has 0 aliphatic heterocycles. The quantitative estimate of drug-likeness (QED) is 0.846. The van der Waals surface area contributed by atoms with Crippen molar-refractivity contribution >= 4 is 22.6 Å². The zero-order valence-electron chi connectivity index (χ0n) is 8.43. The zero-order chi connectivity index (χ0) is 10.2. The van der Waals surface area contributed by atoms with Crippen molar-refractivity contribution in [3.8, 4) is 0 Å². The molecule has 0 spiro atoms. The van der Waals surface area contributed by atoms with Crippen molar-refractivity contribution in [3.05, 3.63) is 15.0 Å². The Kier molecular flexibility index (Phi) is 3.01. The van der Waals surface area contributed by atoms with Crippen LogP contribution in [0.25, 0.3) is 0 Å². The monoisotopic (exact) mass is 294 g/mol. The van der Waals surface area contributed by atoms with Crippen molar-refractivity contribution in [2.24, 2.45) is 0 Å². The molecule has 74 valence electrons. The number of aliphatic hydroxyl groups is 1. The van der Waals surface area contributed by atoms with E-state index in [9.17, 15) is 5.11 Å². The Hall–Kier alpha value is -0.100. The molecule has 1 rings (SSSR count). The van der Waals surface area contributed by atoms with Gasteiger partial charge in [0.1, 0.15) is 0 Å². The van der Waals surface area contributed by atoms with E-state index in [-0.39, 0.29) is 0 Å². The standard InChI is InChI=1S/C9H15IN2O/c1-6-8(10)7(2)12(11-6)5-9(3,4)13/h13H,5H2,1-4H3. The van der Waals surface area contributed by atoms with Gasteiger partial charge in [-0.05, 0) is 50.3 Å². The second-order valence-corrected chi connectivity index (χ2v) is 5.03. The molecular formula is C9H15IN2O. The number of rotatable bonds is 2. The molecule has 0 atom stereocenters. The first-order valence-electron chi connectivity index (χ1n) is 4.23. The number of hydrogen-bond donors (Lipinski definition) is 1. The summed E-state index contributed by atoms with van der Waals surface area (Å²) in [7, 11) is 0. The SMILES string of the molecule is Cc1nn(CC(C)(C)O)c(C)c1I. The largest absolute Gasteiger partial charge is 0.389 e. The van der Waals surface area contributed by atoms with Crippen molar-refractivity contribution in [2.45, 2.75) is 39.8 Å². The van der Waals surface area contributed by atoms with Gasteiger partial charge >= 0.3 is 0 Å². The average molecular weight is 294 g/mol. The molecule has 0 aliphatic rings. The summed E-state index contributed by atoms with van der Waals surface area (Å²) >= 11 is 2.28. The third kappa shape index (κ3) is 2.67. The summed E-state index contributed by atoms with van der Waals surface area (Å²) in [6, 6.07) is 0. The van der Waals surface area contributed by atoms with Gasteiger partial charge in [0.05, 0.1) is 21.4 Å². The minimum absolute atomic E-state index is 0.544. The van der Waals surface area contributed by atoms with Gasteiger partial charge < -0.3 is 5.11 Å². The molecule has 0 radical (unpaired) electrons. The van der Waals surface area contributed by atoms with E-state index in [0.717, 1.165) is 11.4 Å². The molecule has 0 unspecified atom stereocenters. The molecule has 1 aromatic rings. The summed E-state index contributed by atoms with van der Waals surface area (Å²) in [4.78, 5) is 0. The van der Waals surface area contributed by atoms with Crippen LogP contribution in [0.5, 0.6) is 0 Å². The first-order valence-corrected chi connectivity index (χ1v) is 5.31. The lowest BCUT2D eigenvalue weighted by atomic mass is 10.1. The van der Waals surface area contributed by atoms with Crippen LogP contribution in [0.3, 0.4) is 0 Å². The van der Waals surface area contributed by atoms with Gasteiger partial charge in [-0.25, -0.2) is 0 Å². The van der Waals surface area contributed by atoms with Crippen LogP contribution in [0.4, 0.5) is 0 Å². The topological polar surface area (TPSA) is 38.0 Å². The molecule has 1 aromatic heterocycles. The molecule has 1 heterocycles. The normalized spacial score (nSPS) is 12.2. The van der Waals surface area contributed by atoms with Gasteiger partial charge in [-0.15, -0.1) is 0 Å². The Morgan fingerprint density at radius 1 is 1.46 bits per heavy atom. The number of nitrogens with zero attached hydrogens (tertiary/aromatic N) is 2. The molecule has 0 amide bonds. The van der Waals surface area contributed by atoms with Gasteiger partial charge in [0, 0.05) is 5.69 Å². The average Bonchev–Trinajstić information content (AvgIpc) is 2.15. The highest BCUT2D eigenvalue weighted by Gasteiger charge is 2.17. The first kappa shape index (κ1) is 11.0. The molecule has 0 saturated heterocycles. The van der Waals surface area contributed by atoms with Gasteiger partial charge in [-0.2, -0.15) is 5.10 Å². The third-order valence-corrected chi connectivity index (χ3v) is 3.39. The van der Waals surface area contributed by atoms with Crippen LogP contribution in [0.15, 0.2) is 0 Å². The van der Waals surface area contributed by atoms with E-state index in [1.54, 1.807) is 13.8 Å². The number of aromatic nitrogens is 2. The molecule has 13 heavy (non-hydrogen) atoms. The van der Waals surface area contributed by atoms with Crippen LogP contribution >= 0.6 is 22.6 Å². The summed E-state index contributed by atoms with van der Waals surface area (Å²) in [5, 5.41) is 14.0. The first-order chi connectivity index (χ1) is 5.81. The van der Waals surface area contributed by atoms with Gasteiger partial charge in [0.25, 0.3) is 0 Å². The molecule has 0 aliphatic carbocycles. The molecule has 3 nitrogen and oxygen atoms in total. The maximum absolute atomic E-state index is 9.63. The Bertz CT molecular complexity index is 312. The maximum Gasteiger partial charge on any atom is 0.0786 e. The van der Waals surface area contributed by atoms with Gasteiger partial charge in [0.15, 0.2) is 0 Å². The van der Waals surface area contributed by atoms with E-state index >= 15 is 0 Å². The molecule has 0 bridgehead atoms. The van der Waals surface area contributed by atoms with Crippen molar-refractivity contribution < 1.29 is 5.11 Å². The van der Waals surface area contributed by atoms with Crippen LogP contribution in [0.1, 0.15) is 25.2 Å². The molecule has 1 N–H and O–H groups in total. The lowest BCUT2D eigenvalue weighted by Crippen LogP contribution is -2.27. The maximum atomic E-state index is 9.63. The van der Waals surface area contributed by atoms with Crippen molar-refractivity contribution in [1.82, 2.24) is 9.78 Å². The highest BCUT2D eigenvalue weighted by molar-refractivity contribution is 14.1. The molecule has 0 saturated carbocycles. The van der Waals surface area contributed by atoms with Crippen molar-refractivity contribution in [3.63, 3.8) is 0 Å². The number of hydrogen-bond acceptors (Lipinski definition) is 2. The van der Waals surface area contributed by atoms with Gasteiger partial charge in [-0.3, -0.25) is 4.68 Å².